The Morgan fingerprint density at radius 2 is 1.34 bits per heavy atom. The van der Waals surface area contributed by atoms with Gasteiger partial charge in [-0.3, -0.25) is 24.0 Å². The van der Waals surface area contributed by atoms with Gasteiger partial charge in [0.1, 0.15) is 24.2 Å². The Morgan fingerprint density at radius 1 is 0.787 bits per heavy atom. The first-order valence-corrected chi connectivity index (χ1v) is 15.3. The van der Waals surface area contributed by atoms with Crippen LogP contribution in [0.1, 0.15) is 37.1 Å². The van der Waals surface area contributed by atoms with Gasteiger partial charge in [-0.1, -0.05) is 79.7 Å². The third kappa shape index (κ3) is 11.9. The Hall–Kier alpha value is -5.15. The molecule has 1 heterocycles. The molecule has 0 aliphatic rings. The molecular weight excluding hydrogens is 606 g/mol. The lowest BCUT2D eigenvalue weighted by atomic mass is 10.0. The second-order valence-corrected chi connectivity index (χ2v) is 11.5. The predicted molar refractivity (Wildman–Crippen MR) is 172 cm³/mol. The van der Waals surface area contributed by atoms with Crippen molar-refractivity contribution in [1.82, 2.24) is 36.3 Å². The highest BCUT2D eigenvalue weighted by Gasteiger charge is 2.32. The number of carbonyl (C=O) groups is 5. The molecule has 9 N–H and O–H groups in total. The number of nitrogens with one attached hydrogen (secondary N) is 4. The van der Waals surface area contributed by atoms with Crippen molar-refractivity contribution >= 4 is 29.5 Å². The summed E-state index contributed by atoms with van der Waals surface area (Å²) >= 11 is 0. The topological polar surface area (TPSA) is 236 Å². The van der Waals surface area contributed by atoms with Crippen LogP contribution in [0.2, 0.25) is 0 Å². The Balaban J connectivity index is 1.88. The molecule has 252 valence electrons. The maximum Gasteiger partial charge on any atom is 0.245 e. The van der Waals surface area contributed by atoms with E-state index in [0.717, 1.165) is 11.1 Å². The minimum absolute atomic E-state index is 0.0447. The zero-order valence-corrected chi connectivity index (χ0v) is 26.5. The first-order valence-electron chi connectivity index (χ1n) is 15.3. The fraction of sp³-hybridized carbons (Fsp3) is 0.406. The van der Waals surface area contributed by atoms with E-state index in [2.05, 4.69) is 31.6 Å². The molecule has 3 rings (SSSR count). The van der Waals surface area contributed by atoms with Gasteiger partial charge < -0.3 is 37.8 Å². The summed E-state index contributed by atoms with van der Waals surface area (Å²) in [7, 11) is 0. The Morgan fingerprint density at radius 3 is 1.91 bits per heavy atom. The van der Waals surface area contributed by atoms with E-state index in [1.807, 2.05) is 44.2 Å². The number of aromatic nitrogens is 3. The van der Waals surface area contributed by atoms with Crippen LogP contribution in [0.5, 0.6) is 0 Å². The summed E-state index contributed by atoms with van der Waals surface area (Å²) in [5, 5.41) is 28.2. The van der Waals surface area contributed by atoms with E-state index >= 15 is 0 Å². The summed E-state index contributed by atoms with van der Waals surface area (Å²) in [6.45, 7) is 2.36. The minimum atomic E-state index is -1.40. The average molecular weight is 650 g/mol. The SMILES string of the molecule is CC(C)C[C@H](NC(=O)[C@H](Cc1ccccc1)NC(=O)[C@H](Cn1cc(Cc2ccccc2)nn1)NC(=O)[C@H](CO)NC(=O)CN)C(N)=O. The number of carbonyl (C=O) groups excluding carboxylic acids is 5. The zero-order valence-electron chi connectivity index (χ0n) is 26.5. The van der Waals surface area contributed by atoms with Gasteiger partial charge in [-0.25, -0.2) is 4.68 Å². The van der Waals surface area contributed by atoms with Crippen molar-refractivity contribution in [2.45, 2.75) is 63.8 Å². The van der Waals surface area contributed by atoms with Crippen molar-refractivity contribution in [3.05, 3.63) is 83.7 Å². The van der Waals surface area contributed by atoms with Crippen LogP contribution in [0.25, 0.3) is 0 Å². The van der Waals surface area contributed by atoms with Gasteiger partial charge in [0, 0.05) is 19.0 Å². The highest BCUT2D eigenvalue weighted by Crippen LogP contribution is 2.09. The van der Waals surface area contributed by atoms with Crippen molar-refractivity contribution in [1.29, 1.82) is 0 Å². The van der Waals surface area contributed by atoms with Crippen molar-refractivity contribution in [2.75, 3.05) is 13.2 Å². The smallest absolute Gasteiger partial charge is 0.245 e. The van der Waals surface area contributed by atoms with Crippen LogP contribution < -0.4 is 32.7 Å². The van der Waals surface area contributed by atoms with E-state index in [0.29, 0.717) is 18.5 Å². The van der Waals surface area contributed by atoms with Crippen molar-refractivity contribution in [3.8, 4) is 0 Å². The molecule has 0 fully saturated rings. The molecule has 0 unspecified atom stereocenters. The number of hydrogen-bond donors (Lipinski definition) is 7. The third-order valence-corrected chi connectivity index (χ3v) is 7.12. The van der Waals surface area contributed by atoms with Crippen LogP contribution in [0.3, 0.4) is 0 Å². The summed E-state index contributed by atoms with van der Waals surface area (Å²) in [5.74, 6) is -3.64. The molecule has 15 nitrogen and oxygen atoms in total. The third-order valence-electron chi connectivity index (χ3n) is 7.12. The lowest BCUT2D eigenvalue weighted by Gasteiger charge is -2.26. The van der Waals surface area contributed by atoms with E-state index in [9.17, 15) is 29.1 Å². The number of primary amides is 1. The van der Waals surface area contributed by atoms with Crippen LogP contribution in [0, 0.1) is 5.92 Å². The molecule has 0 spiro atoms. The fourth-order valence-electron chi connectivity index (χ4n) is 4.74. The van der Waals surface area contributed by atoms with E-state index in [1.165, 1.54) is 4.68 Å². The van der Waals surface area contributed by atoms with Gasteiger partial charge in [0.2, 0.25) is 29.5 Å². The standard InChI is InChI=1S/C32H43N9O6/c1-20(2)13-24(29(34)44)36-30(45)25(15-22-11-7-4-8-12-22)37-31(46)26(38-32(47)27(19-42)35-28(43)16-33)18-41-17-23(39-40-41)14-21-9-5-3-6-10-21/h3-12,17,20,24-27,42H,13-16,18-19,33H2,1-2H3,(H2,34,44)(H,35,43)(H,36,45)(H,37,46)(H,38,47)/t24-,25-,26-,27-/m0/s1. The molecular formula is C32H43N9O6. The molecule has 0 radical (unpaired) electrons. The normalized spacial score (nSPS) is 13.6. The molecule has 2 aromatic carbocycles. The highest BCUT2D eigenvalue weighted by atomic mass is 16.3. The van der Waals surface area contributed by atoms with Crippen molar-refractivity contribution in [2.24, 2.45) is 17.4 Å². The molecule has 0 saturated heterocycles. The summed E-state index contributed by atoms with van der Waals surface area (Å²) in [6.07, 6.45) is 2.44. The number of rotatable bonds is 18. The monoisotopic (exact) mass is 649 g/mol. The van der Waals surface area contributed by atoms with E-state index in [1.54, 1.807) is 36.5 Å². The second kappa shape index (κ2) is 18.1. The first kappa shape index (κ1) is 36.3. The molecule has 15 heteroatoms. The molecule has 5 amide bonds. The summed E-state index contributed by atoms with van der Waals surface area (Å²) < 4.78 is 1.37. The molecule has 0 bridgehead atoms. The van der Waals surface area contributed by atoms with Gasteiger partial charge in [0.05, 0.1) is 25.4 Å². The number of aliphatic hydroxyl groups excluding tert-OH is 1. The Kier molecular flexibility index (Phi) is 14.0. The molecule has 47 heavy (non-hydrogen) atoms. The number of hydrogen-bond acceptors (Lipinski definition) is 9. The van der Waals surface area contributed by atoms with Gasteiger partial charge in [-0.05, 0) is 23.5 Å². The molecule has 0 aliphatic carbocycles. The van der Waals surface area contributed by atoms with Crippen LogP contribution in [-0.4, -0.2) is 87.0 Å². The summed E-state index contributed by atoms with van der Waals surface area (Å²) in [6, 6.07) is 13.6. The predicted octanol–water partition coefficient (Wildman–Crippen LogP) is -1.47. The zero-order chi connectivity index (χ0) is 34.3. The largest absolute Gasteiger partial charge is 0.394 e. The number of amides is 5. The van der Waals surface area contributed by atoms with Crippen LogP contribution in [0.4, 0.5) is 0 Å². The Bertz CT molecular complexity index is 1480. The average Bonchev–Trinajstić information content (AvgIpc) is 3.49. The van der Waals surface area contributed by atoms with Crippen LogP contribution in [0.15, 0.2) is 66.9 Å². The summed E-state index contributed by atoms with van der Waals surface area (Å²) in [4.78, 5) is 64.5. The van der Waals surface area contributed by atoms with E-state index < -0.39 is 66.9 Å². The molecule has 3 aromatic rings. The van der Waals surface area contributed by atoms with E-state index in [-0.39, 0.29) is 18.9 Å². The van der Waals surface area contributed by atoms with Gasteiger partial charge in [-0.15, -0.1) is 5.10 Å². The molecule has 0 saturated carbocycles. The molecule has 4 atom stereocenters. The highest BCUT2D eigenvalue weighted by molar-refractivity contribution is 5.95. The fourth-order valence-corrected chi connectivity index (χ4v) is 4.74. The maximum absolute atomic E-state index is 13.8. The lowest BCUT2D eigenvalue weighted by molar-refractivity contribution is -0.135. The number of nitrogens with zero attached hydrogens (tertiary/aromatic N) is 3. The van der Waals surface area contributed by atoms with Gasteiger partial charge in [0.15, 0.2) is 0 Å². The van der Waals surface area contributed by atoms with Crippen LogP contribution in [-0.2, 0) is 43.4 Å². The lowest BCUT2D eigenvalue weighted by Crippen LogP contribution is -2.60. The summed E-state index contributed by atoms with van der Waals surface area (Å²) in [5.41, 5.74) is 13.2. The van der Waals surface area contributed by atoms with Crippen LogP contribution >= 0.6 is 0 Å². The first-order chi connectivity index (χ1) is 22.5. The molecule has 1 aromatic heterocycles. The minimum Gasteiger partial charge on any atom is -0.394 e. The number of benzene rings is 2. The second-order valence-electron chi connectivity index (χ2n) is 11.5. The van der Waals surface area contributed by atoms with Gasteiger partial charge in [0.25, 0.3) is 0 Å². The maximum atomic E-state index is 13.8. The quantitative estimate of drug-likeness (QED) is 0.0851. The van der Waals surface area contributed by atoms with Gasteiger partial charge in [-0.2, -0.15) is 0 Å². The Labute approximate surface area is 272 Å². The van der Waals surface area contributed by atoms with Gasteiger partial charge >= 0.3 is 0 Å². The number of nitrogens with two attached hydrogens (primary N) is 2. The van der Waals surface area contributed by atoms with Crippen molar-refractivity contribution in [3.63, 3.8) is 0 Å². The van der Waals surface area contributed by atoms with E-state index in [4.69, 9.17) is 11.5 Å². The van der Waals surface area contributed by atoms with Crippen molar-refractivity contribution < 1.29 is 29.1 Å². The number of aliphatic hydroxyl groups is 1. The molecule has 0 aliphatic heterocycles.